The molecule has 0 heterocycles. The third-order valence-electron chi connectivity index (χ3n) is 1.52. The van der Waals surface area contributed by atoms with E-state index >= 15 is 0 Å². The lowest BCUT2D eigenvalue weighted by Crippen LogP contribution is -2.22. The van der Waals surface area contributed by atoms with Crippen LogP contribution in [0.1, 0.15) is 19.8 Å². The Morgan fingerprint density at radius 3 is 2.50 bits per heavy atom. The number of rotatable bonds is 0. The fourth-order valence-corrected chi connectivity index (χ4v) is 0.838. The molecule has 0 bridgehead atoms. The average molecular weight is 114 g/mol. The lowest BCUT2D eigenvalue weighted by molar-refractivity contribution is 0.0577. The van der Waals surface area contributed by atoms with Crippen LogP contribution in [0.25, 0.3) is 0 Å². The second-order valence-corrected chi connectivity index (χ2v) is 2.40. The number of hydrogen-bond acceptors (Lipinski definition) is 2. The van der Waals surface area contributed by atoms with E-state index in [9.17, 15) is 0 Å². The van der Waals surface area contributed by atoms with Crippen LogP contribution >= 0.6 is 0 Å². The molecule has 46 valence electrons. The molecule has 0 aliphatic heterocycles. The van der Waals surface area contributed by atoms with Gasteiger partial charge in [-0.1, -0.05) is 0 Å². The highest BCUT2D eigenvalue weighted by Crippen LogP contribution is 2.26. The summed E-state index contributed by atoms with van der Waals surface area (Å²) in [5.74, 6) is 0.123. The summed E-state index contributed by atoms with van der Waals surface area (Å²) in [7, 11) is 0. The monoisotopic (exact) mass is 114 g/mol. The van der Waals surface area contributed by atoms with Gasteiger partial charge in [0, 0.05) is 0 Å². The zero-order valence-corrected chi connectivity index (χ0v) is 4.89. The Morgan fingerprint density at radius 2 is 2.38 bits per heavy atom. The normalized spacial score (nSPS) is 37.5. The van der Waals surface area contributed by atoms with Crippen LogP contribution in [-0.2, 0) is 0 Å². The van der Waals surface area contributed by atoms with Crippen molar-refractivity contribution in [3.8, 4) is 0 Å². The average Bonchev–Trinajstić information content (AvgIpc) is 1.86. The van der Waals surface area contributed by atoms with Crippen LogP contribution in [0.4, 0.5) is 0 Å². The standard InChI is InChI=1S/C6H10O2/c1-6(8)4-2-3-5(6)7/h3,7-8H,2,4H2,1H3. The molecule has 2 nitrogen and oxygen atoms in total. The van der Waals surface area contributed by atoms with Gasteiger partial charge in [-0.3, -0.25) is 0 Å². The van der Waals surface area contributed by atoms with E-state index in [2.05, 4.69) is 0 Å². The molecule has 0 saturated heterocycles. The van der Waals surface area contributed by atoms with Crippen LogP contribution in [0.15, 0.2) is 11.8 Å². The first-order chi connectivity index (χ1) is 3.63. The van der Waals surface area contributed by atoms with E-state index < -0.39 is 5.60 Å². The van der Waals surface area contributed by atoms with E-state index in [0.29, 0.717) is 6.42 Å². The summed E-state index contributed by atoms with van der Waals surface area (Å²) in [5, 5.41) is 18.0. The molecule has 0 saturated carbocycles. The highest BCUT2D eigenvalue weighted by atomic mass is 16.3. The van der Waals surface area contributed by atoms with Gasteiger partial charge >= 0.3 is 0 Å². The Labute approximate surface area is 48.5 Å². The van der Waals surface area contributed by atoms with E-state index in [4.69, 9.17) is 10.2 Å². The number of aliphatic hydroxyl groups is 2. The topological polar surface area (TPSA) is 40.5 Å². The molecule has 0 fully saturated rings. The SMILES string of the molecule is CC1(O)CCC=C1O. The molecule has 0 radical (unpaired) electrons. The highest BCUT2D eigenvalue weighted by Gasteiger charge is 2.28. The molecule has 0 aromatic heterocycles. The maximum Gasteiger partial charge on any atom is 0.120 e. The van der Waals surface area contributed by atoms with Crippen molar-refractivity contribution in [2.75, 3.05) is 0 Å². The van der Waals surface area contributed by atoms with Gasteiger partial charge in [0.05, 0.1) is 0 Å². The zero-order chi connectivity index (χ0) is 6.20. The van der Waals surface area contributed by atoms with Crippen molar-refractivity contribution >= 4 is 0 Å². The second-order valence-electron chi connectivity index (χ2n) is 2.40. The van der Waals surface area contributed by atoms with Gasteiger partial charge in [0.15, 0.2) is 0 Å². The van der Waals surface area contributed by atoms with Crippen LogP contribution in [0.3, 0.4) is 0 Å². The first-order valence-corrected chi connectivity index (χ1v) is 2.75. The van der Waals surface area contributed by atoms with Gasteiger partial charge in [-0.05, 0) is 25.8 Å². The molecule has 1 unspecified atom stereocenters. The van der Waals surface area contributed by atoms with E-state index in [1.807, 2.05) is 0 Å². The van der Waals surface area contributed by atoms with E-state index in [1.165, 1.54) is 0 Å². The predicted octanol–water partition coefficient (Wildman–Crippen LogP) is 0.973. The minimum Gasteiger partial charge on any atom is -0.510 e. The Bertz CT molecular complexity index is 124. The van der Waals surface area contributed by atoms with Crippen LogP contribution in [-0.4, -0.2) is 15.8 Å². The van der Waals surface area contributed by atoms with Crippen LogP contribution < -0.4 is 0 Å². The zero-order valence-electron chi connectivity index (χ0n) is 4.89. The summed E-state index contributed by atoms with van der Waals surface area (Å²) in [6.45, 7) is 1.62. The molecule has 0 amide bonds. The Morgan fingerprint density at radius 1 is 1.75 bits per heavy atom. The summed E-state index contributed by atoms with van der Waals surface area (Å²) in [6, 6.07) is 0. The molecular formula is C6H10O2. The summed E-state index contributed by atoms with van der Waals surface area (Å²) >= 11 is 0. The van der Waals surface area contributed by atoms with Crippen molar-refractivity contribution in [3.05, 3.63) is 11.8 Å². The van der Waals surface area contributed by atoms with Gasteiger partial charge in [-0.2, -0.15) is 0 Å². The van der Waals surface area contributed by atoms with Crippen molar-refractivity contribution in [1.29, 1.82) is 0 Å². The molecular weight excluding hydrogens is 104 g/mol. The molecule has 1 aliphatic carbocycles. The van der Waals surface area contributed by atoms with Gasteiger partial charge in [0.1, 0.15) is 11.4 Å². The summed E-state index contributed by atoms with van der Waals surface area (Å²) in [5.41, 5.74) is -0.931. The minimum absolute atomic E-state index is 0.123. The third-order valence-corrected chi connectivity index (χ3v) is 1.52. The maximum absolute atomic E-state index is 9.14. The van der Waals surface area contributed by atoms with Crippen molar-refractivity contribution in [3.63, 3.8) is 0 Å². The van der Waals surface area contributed by atoms with E-state index in [-0.39, 0.29) is 5.76 Å². The van der Waals surface area contributed by atoms with Crippen molar-refractivity contribution in [2.24, 2.45) is 0 Å². The smallest absolute Gasteiger partial charge is 0.120 e. The quantitative estimate of drug-likeness (QED) is 0.492. The summed E-state index contributed by atoms with van der Waals surface area (Å²) in [4.78, 5) is 0. The molecule has 1 rings (SSSR count). The van der Waals surface area contributed by atoms with Crippen molar-refractivity contribution in [1.82, 2.24) is 0 Å². The van der Waals surface area contributed by atoms with Gasteiger partial charge in [0.2, 0.25) is 0 Å². The second kappa shape index (κ2) is 1.49. The Balaban J connectivity index is 2.73. The molecule has 2 N–H and O–H groups in total. The molecule has 0 spiro atoms. The molecule has 0 aromatic carbocycles. The molecule has 0 aromatic rings. The maximum atomic E-state index is 9.14. The number of allylic oxidation sites excluding steroid dienone is 1. The third kappa shape index (κ3) is 0.713. The van der Waals surface area contributed by atoms with Crippen molar-refractivity contribution < 1.29 is 10.2 Å². The summed E-state index contributed by atoms with van der Waals surface area (Å²) in [6.07, 6.45) is 3.09. The lowest BCUT2D eigenvalue weighted by Gasteiger charge is -2.14. The van der Waals surface area contributed by atoms with Gasteiger partial charge < -0.3 is 10.2 Å². The minimum atomic E-state index is -0.931. The van der Waals surface area contributed by atoms with Crippen LogP contribution in [0.5, 0.6) is 0 Å². The van der Waals surface area contributed by atoms with Gasteiger partial charge in [0.25, 0.3) is 0 Å². The fourth-order valence-electron chi connectivity index (χ4n) is 0.838. The van der Waals surface area contributed by atoms with Crippen LogP contribution in [0.2, 0.25) is 0 Å². The van der Waals surface area contributed by atoms with Crippen LogP contribution in [0, 0.1) is 0 Å². The molecule has 2 heteroatoms. The first kappa shape index (κ1) is 5.63. The highest BCUT2D eigenvalue weighted by molar-refractivity contribution is 5.12. The lowest BCUT2D eigenvalue weighted by atomic mass is 10.1. The number of hydrogen-bond donors (Lipinski definition) is 2. The fraction of sp³-hybridized carbons (Fsp3) is 0.667. The van der Waals surface area contributed by atoms with Gasteiger partial charge in [-0.15, -0.1) is 0 Å². The van der Waals surface area contributed by atoms with Gasteiger partial charge in [-0.25, -0.2) is 0 Å². The Hall–Kier alpha value is -0.500. The Kier molecular flexibility index (Phi) is 1.05. The van der Waals surface area contributed by atoms with E-state index in [1.54, 1.807) is 13.0 Å². The van der Waals surface area contributed by atoms with Crippen molar-refractivity contribution in [2.45, 2.75) is 25.4 Å². The molecule has 1 aliphatic rings. The van der Waals surface area contributed by atoms with E-state index in [0.717, 1.165) is 6.42 Å². The molecule has 8 heavy (non-hydrogen) atoms. The first-order valence-electron chi connectivity index (χ1n) is 2.75. The summed E-state index contributed by atoms with van der Waals surface area (Å²) < 4.78 is 0. The number of aliphatic hydroxyl groups excluding tert-OH is 1. The predicted molar refractivity (Wildman–Crippen MR) is 30.6 cm³/mol. The largest absolute Gasteiger partial charge is 0.510 e. The molecule has 1 atom stereocenters.